The van der Waals surface area contributed by atoms with Gasteiger partial charge in [0.2, 0.25) is 0 Å². The molecule has 1 unspecified atom stereocenters. The average molecular weight is 421 g/mol. The molecule has 0 aliphatic rings. The first kappa shape index (κ1) is 19.7. The van der Waals surface area contributed by atoms with Gasteiger partial charge in [0.1, 0.15) is 11.8 Å². The Morgan fingerprint density at radius 2 is 2.00 bits per heavy atom. The van der Waals surface area contributed by atoms with E-state index in [9.17, 15) is 9.59 Å². The van der Waals surface area contributed by atoms with Crippen LogP contribution in [-0.2, 0) is 4.79 Å². The minimum Gasteiger partial charge on any atom is -0.494 e. The fourth-order valence-electron chi connectivity index (χ4n) is 2.92. The van der Waals surface area contributed by atoms with Gasteiger partial charge in [0.25, 0.3) is 11.5 Å². The second-order valence-corrected chi connectivity index (χ2v) is 7.51. The van der Waals surface area contributed by atoms with Crippen molar-refractivity contribution in [3.8, 4) is 17.0 Å². The van der Waals surface area contributed by atoms with Gasteiger partial charge in [0.05, 0.1) is 22.5 Å². The summed E-state index contributed by atoms with van der Waals surface area (Å²) in [4.78, 5) is 33.5. The molecule has 30 heavy (non-hydrogen) atoms. The Labute approximate surface area is 176 Å². The van der Waals surface area contributed by atoms with E-state index in [0.717, 1.165) is 21.5 Å². The molecule has 0 spiro atoms. The van der Waals surface area contributed by atoms with E-state index in [4.69, 9.17) is 4.74 Å². The summed E-state index contributed by atoms with van der Waals surface area (Å²) in [7, 11) is 0. The largest absolute Gasteiger partial charge is 0.494 e. The normalized spacial score (nSPS) is 11.9. The van der Waals surface area contributed by atoms with E-state index in [1.807, 2.05) is 25.1 Å². The lowest BCUT2D eigenvalue weighted by Crippen LogP contribution is -2.33. The summed E-state index contributed by atoms with van der Waals surface area (Å²) < 4.78 is 7.58. The highest BCUT2D eigenvalue weighted by Gasteiger charge is 2.20. The van der Waals surface area contributed by atoms with Crippen molar-refractivity contribution in [3.05, 3.63) is 65.2 Å². The Bertz CT molecular complexity index is 1250. The zero-order chi connectivity index (χ0) is 21.1. The monoisotopic (exact) mass is 421 g/mol. The highest BCUT2D eigenvalue weighted by molar-refractivity contribution is 7.22. The Hall–Kier alpha value is -3.59. The number of amides is 1. The lowest BCUT2D eigenvalue weighted by atomic mass is 10.2. The SMILES string of the molecule is CCOc1ccc2nc(NC(=O)C(C)n3nc(-c4ccncc4)ccc3=O)sc2c1. The van der Waals surface area contributed by atoms with E-state index in [2.05, 4.69) is 20.4 Å². The summed E-state index contributed by atoms with van der Waals surface area (Å²) in [5, 5.41) is 7.60. The lowest BCUT2D eigenvalue weighted by molar-refractivity contribution is -0.119. The van der Waals surface area contributed by atoms with Crippen LogP contribution in [0.4, 0.5) is 5.13 Å². The first-order valence-electron chi connectivity index (χ1n) is 9.39. The smallest absolute Gasteiger partial charge is 0.267 e. The van der Waals surface area contributed by atoms with Crippen molar-refractivity contribution in [2.75, 3.05) is 11.9 Å². The molecule has 1 N–H and O–H groups in total. The second-order valence-electron chi connectivity index (χ2n) is 6.48. The van der Waals surface area contributed by atoms with Gasteiger partial charge in [-0.1, -0.05) is 11.3 Å². The van der Waals surface area contributed by atoms with Crippen molar-refractivity contribution in [1.82, 2.24) is 19.7 Å². The maximum atomic E-state index is 12.8. The summed E-state index contributed by atoms with van der Waals surface area (Å²) in [5.74, 6) is 0.379. The van der Waals surface area contributed by atoms with Crippen LogP contribution >= 0.6 is 11.3 Å². The Morgan fingerprint density at radius 1 is 1.20 bits per heavy atom. The van der Waals surface area contributed by atoms with E-state index in [1.54, 1.807) is 37.5 Å². The minimum atomic E-state index is -0.815. The summed E-state index contributed by atoms with van der Waals surface area (Å²) in [6.07, 6.45) is 3.29. The van der Waals surface area contributed by atoms with Crippen molar-refractivity contribution < 1.29 is 9.53 Å². The van der Waals surface area contributed by atoms with E-state index in [1.165, 1.54) is 22.1 Å². The number of thiazole rings is 1. The third-order valence-corrected chi connectivity index (χ3v) is 5.38. The predicted octanol–water partition coefficient (Wildman–Crippen LogP) is 3.51. The van der Waals surface area contributed by atoms with Gasteiger partial charge in [0, 0.05) is 24.0 Å². The number of hydrogen-bond donors (Lipinski definition) is 1. The summed E-state index contributed by atoms with van der Waals surface area (Å²) in [6, 6.07) is 11.4. The molecule has 0 bridgehead atoms. The number of hydrogen-bond acceptors (Lipinski definition) is 7. The van der Waals surface area contributed by atoms with Gasteiger partial charge < -0.3 is 10.1 Å². The first-order valence-corrected chi connectivity index (χ1v) is 10.2. The number of aromatic nitrogens is 4. The molecule has 0 saturated carbocycles. The number of benzene rings is 1. The number of anilines is 1. The number of rotatable bonds is 6. The van der Waals surface area contributed by atoms with Crippen LogP contribution in [0.2, 0.25) is 0 Å². The quantitative estimate of drug-likeness (QED) is 0.511. The van der Waals surface area contributed by atoms with Gasteiger partial charge >= 0.3 is 0 Å². The molecule has 0 aliphatic heterocycles. The molecule has 4 aromatic rings. The number of pyridine rings is 1. The maximum Gasteiger partial charge on any atom is 0.267 e. The zero-order valence-corrected chi connectivity index (χ0v) is 17.2. The van der Waals surface area contributed by atoms with Crippen molar-refractivity contribution in [2.45, 2.75) is 19.9 Å². The summed E-state index contributed by atoms with van der Waals surface area (Å²) in [6.45, 7) is 4.12. The van der Waals surface area contributed by atoms with Crippen LogP contribution in [0.5, 0.6) is 5.75 Å². The second kappa shape index (κ2) is 8.42. The number of carbonyl (C=O) groups is 1. The molecule has 0 aliphatic carbocycles. The number of nitrogens with zero attached hydrogens (tertiary/aromatic N) is 4. The molecule has 0 saturated heterocycles. The van der Waals surface area contributed by atoms with Crippen LogP contribution in [0.3, 0.4) is 0 Å². The van der Waals surface area contributed by atoms with Gasteiger partial charge in [-0.3, -0.25) is 14.6 Å². The van der Waals surface area contributed by atoms with Gasteiger partial charge in [-0.2, -0.15) is 5.10 Å². The van der Waals surface area contributed by atoms with Crippen LogP contribution in [0.1, 0.15) is 19.9 Å². The van der Waals surface area contributed by atoms with Crippen LogP contribution in [0, 0.1) is 0 Å². The summed E-state index contributed by atoms with van der Waals surface area (Å²) in [5.41, 5.74) is 1.80. The molecule has 0 radical (unpaired) electrons. The summed E-state index contributed by atoms with van der Waals surface area (Å²) >= 11 is 1.34. The standard InChI is InChI=1S/C21H19N5O3S/c1-3-29-15-4-5-17-18(12-15)30-21(23-17)24-20(28)13(2)26-19(27)7-6-16(25-26)14-8-10-22-11-9-14/h4-13H,3H2,1-2H3,(H,23,24,28). The van der Waals surface area contributed by atoms with E-state index < -0.39 is 6.04 Å². The van der Waals surface area contributed by atoms with Crippen molar-refractivity contribution in [3.63, 3.8) is 0 Å². The Balaban J connectivity index is 1.56. The van der Waals surface area contributed by atoms with Crippen molar-refractivity contribution >= 4 is 32.6 Å². The predicted molar refractivity (Wildman–Crippen MR) is 116 cm³/mol. The molecule has 8 nitrogen and oxygen atoms in total. The average Bonchev–Trinajstić information content (AvgIpc) is 3.16. The highest BCUT2D eigenvalue weighted by atomic mass is 32.1. The van der Waals surface area contributed by atoms with Crippen molar-refractivity contribution in [2.24, 2.45) is 0 Å². The lowest BCUT2D eigenvalue weighted by Gasteiger charge is -2.14. The van der Waals surface area contributed by atoms with Crippen molar-refractivity contribution in [1.29, 1.82) is 0 Å². The van der Waals surface area contributed by atoms with E-state index in [-0.39, 0.29) is 11.5 Å². The maximum absolute atomic E-state index is 12.8. The molecule has 152 valence electrons. The molecule has 0 fully saturated rings. The van der Waals surface area contributed by atoms with Gasteiger partial charge in [0.15, 0.2) is 5.13 Å². The van der Waals surface area contributed by atoms with Crippen LogP contribution in [0.15, 0.2) is 59.7 Å². The molecule has 1 atom stereocenters. The fourth-order valence-corrected chi connectivity index (χ4v) is 3.81. The zero-order valence-electron chi connectivity index (χ0n) is 16.4. The molecular weight excluding hydrogens is 402 g/mol. The first-order chi connectivity index (χ1) is 14.5. The third-order valence-electron chi connectivity index (χ3n) is 4.45. The number of ether oxygens (including phenoxy) is 1. The molecule has 4 rings (SSSR count). The molecule has 9 heteroatoms. The molecule has 1 aromatic carbocycles. The molecule has 3 aromatic heterocycles. The Morgan fingerprint density at radius 3 is 2.77 bits per heavy atom. The number of carbonyl (C=O) groups excluding carboxylic acids is 1. The van der Waals surface area contributed by atoms with Gasteiger partial charge in [-0.05, 0) is 50.2 Å². The molecule has 1 amide bonds. The Kier molecular flexibility index (Phi) is 5.53. The molecule has 3 heterocycles. The topological polar surface area (TPSA) is 99.0 Å². The van der Waals surface area contributed by atoms with Crippen LogP contribution < -0.4 is 15.6 Å². The number of fused-ring (bicyclic) bond motifs is 1. The highest BCUT2D eigenvalue weighted by Crippen LogP contribution is 2.29. The van der Waals surface area contributed by atoms with Gasteiger partial charge in [-0.25, -0.2) is 9.67 Å². The van der Waals surface area contributed by atoms with E-state index in [0.29, 0.717) is 17.4 Å². The third kappa shape index (κ3) is 4.06. The minimum absolute atomic E-state index is 0.360. The number of nitrogens with one attached hydrogen (secondary N) is 1. The van der Waals surface area contributed by atoms with Crippen LogP contribution in [-0.4, -0.2) is 32.3 Å². The van der Waals surface area contributed by atoms with E-state index >= 15 is 0 Å². The fraction of sp³-hybridized carbons (Fsp3) is 0.190. The van der Waals surface area contributed by atoms with Crippen LogP contribution in [0.25, 0.3) is 21.5 Å². The van der Waals surface area contributed by atoms with Gasteiger partial charge in [-0.15, -0.1) is 0 Å². The molecular formula is C21H19N5O3S.